The topological polar surface area (TPSA) is 85.8 Å². The van der Waals surface area contributed by atoms with Gasteiger partial charge >= 0.3 is 5.97 Å². The normalized spacial score (nSPS) is 10.7. The Balaban J connectivity index is 1.84. The van der Waals surface area contributed by atoms with E-state index in [2.05, 4.69) is 15.4 Å². The Kier molecular flexibility index (Phi) is 3.23. The van der Waals surface area contributed by atoms with E-state index in [4.69, 9.17) is 5.11 Å². The van der Waals surface area contributed by atoms with E-state index >= 15 is 0 Å². The minimum atomic E-state index is -1.07. The Morgan fingerprint density at radius 1 is 1.29 bits per heavy atom. The molecule has 7 nitrogen and oxygen atoms in total. The van der Waals surface area contributed by atoms with Crippen molar-refractivity contribution in [2.75, 3.05) is 0 Å². The number of carbonyl (C=O) groups is 1. The first-order valence-corrected chi connectivity index (χ1v) is 6.37. The van der Waals surface area contributed by atoms with Crippen molar-refractivity contribution in [3.05, 3.63) is 59.7 Å². The summed E-state index contributed by atoms with van der Waals surface area (Å²) in [7, 11) is 0. The predicted octanol–water partition coefficient (Wildman–Crippen LogP) is 1.52. The number of aromatic nitrogens is 5. The van der Waals surface area contributed by atoms with Crippen molar-refractivity contribution in [2.24, 2.45) is 0 Å². The van der Waals surface area contributed by atoms with Gasteiger partial charge in [0, 0.05) is 11.8 Å². The molecule has 7 heteroatoms. The van der Waals surface area contributed by atoms with E-state index in [1.165, 1.54) is 0 Å². The molecule has 21 heavy (non-hydrogen) atoms. The lowest BCUT2D eigenvalue weighted by atomic mass is 10.3. The monoisotopic (exact) mass is 283 g/mol. The molecular weight excluding hydrogens is 270 g/mol. The minimum Gasteiger partial charge on any atom is -0.476 e. The maximum absolute atomic E-state index is 10.9. The van der Waals surface area contributed by atoms with Crippen LogP contribution in [0.25, 0.3) is 5.69 Å². The van der Waals surface area contributed by atoms with Crippen LogP contribution in [0.5, 0.6) is 0 Å². The summed E-state index contributed by atoms with van der Waals surface area (Å²) in [6.07, 6.45) is 3.62. The van der Waals surface area contributed by atoms with Crippen LogP contribution >= 0.6 is 0 Å². The van der Waals surface area contributed by atoms with Gasteiger partial charge in [0.1, 0.15) is 0 Å². The molecule has 0 unspecified atom stereocenters. The zero-order chi connectivity index (χ0) is 14.8. The van der Waals surface area contributed by atoms with Gasteiger partial charge < -0.3 is 5.11 Å². The molecule has 1 N–H and O–H groups in total. The van der Waals surface area contributed by atoms with Crippen LogP contribution in [0.4, 0.5) is 0 Å². The highest BCUT2D eigenvalue weighted by Gasteiger charge is 2.15. The SMILES string of the molecule is Cc1c(C(=O)O)nnn1Cc1cnn(-c2ccccc2)c1. The quantitative estimate of drug-likeness (QED) is 0.784. The van der Waals surface area contributed by atoms with Crippen LogP contribution in [-0.2, 0) is 6.54 Å². The van der Waals surface area contributed by atoms with E-state index in [0.29, 0.717) is 12.2 Å². The van der Waals surface area contributed by atoms with Crippen LogP contribution < -0.4 is 0 Å². The van der Waals surface area contributed by atoms with Gasteiger partial charge in [-0.05, 0) is 19.1 Å². The molecule has 0 fully saturated rings. The Hall–Kier alpha value is -2.96. The molecule has 0 aliphatic rings. The summed E-state index contributed by atoms with van der Waals surface area (Å²) in [4.78, 5) is 10.9. The van der Waals surface area contributed by atoms with Crippen molar-refractivity contribution in [3.63, 3.8) is 0 Å². The Bertz CT molecular complexity index is 776. The molecule has 0 spiro atoms. The van der Waals surface area contributed by atoms with Crippen molar-refractivity contribution < 1.29 is 9.90 Å². The summed E-state index contributed by atoms with van der Waals surface area (Å²) < 4.78 is 3.31. The molecule has 0 saturated carbocycles. The first-order chi connectivity index (χ1) is 10.1. The smallest absolute Gasteiger partial charge is 0.358 e. The lowest BCUT2D eigenvalue weighted by Crippen LogP contribution is -2.05. The third-order valence-electron chi connectivity index (χ3n) is 3.17. The third kappa shape index (κ3) is 2.53. The second kappa shape index (κ2) is 5.20. The van der Waals surface area contributed by atoms with E-state index in [0.717, 1.165) is 11.3 Å². The minimum absolute atomic E-state index is 0.0227. The van der Waals surface area contributed by atoms with Crippen LogP contribution in [0.3, 0.4) is 0 Å². The molecule has 0 amide bonds. The van der Waals surface area contributed by atoms with Crippen LogP contribution in [-0.4, -0.2) is 35.9 Å². The lowest BCUT2D eigenvalue weighted by molar-refractivity contribution is 0.0689. The number of rotatable bonds is 4. The highest BCUT2D eigenvalue weighted by atomic mass is 16.4. The fourth-order valence-corrected chi connectivity index (χ4v) is 2.04. The van der Waals surface area contributed by atoms with Crippen LogP contribution in [0.15, 0.2) is 42.7 Å². The maximum atomic E-state index is 10.9. The van der Waals surface area contributed by atoms with Crippen LogP contribution in [0.1, 0.15) is 21.7 Å². The van der Waals surface area contributed by atoms with Gasteiger partial charge in [0.25, 0.3) is 0 Å². The van der Waals surface area contributed by atoms with Crippen molar-refractivity contribution >= 4 is 5.97 Å². The Morgan fingerprint density at radius 3 is 2.71 bits per heavy atom. The molecule has 2 aromatic heterocycles. The summed E-state index contributed by atoms with van der Waals surface area (Å²) in [5.74, 6) is -1.07. The summed E-state index contributed by atoms with van der Waals surface area (Å²) in [5.41, 5.74) is 2.38. The molecule has 106 valence electrons. The van der Waals surface area contributed by atoms with E-state index in [1.807, 2.05) is 36.5 Å². The van der Waals surface area contributed by atoms with Gasteiger partial charge in [-0.15, -0.1) is 5.10 Å². The van der Waals surface area contributed by atoms with Gasteiger partial charge in [-0.3, -0.25) is 0 Å². The molecular formula is C14H13N5O2. The number of carboxylic acids is 1. The van der Waals surface area contributed by atoms with Crippen molar-refractivity contribution in [1.82, 2.24) is 24.8 Å². The third-order valence-corrected chi connectivity index (χ3v) is 3.17. The average Bonchev–Trinajstić information content (AvgIpc) is 3.08. The van der Waals surface area contributed by atoms with Gasteiger partial charge in [-0.25, -0.2) is 14.2 Å². The number of carboxylic acid groups (broad SMARTS) is 1. The predicted molar refractivity (Wildman–Crippen MR) is 74.4 cm³/mol. The van der Waals surface area contributed by atoms with Gasteiger partial charge in [0.05, 0.1) is 24.1 Å². The fourth-order valence-electron chi connectivity index (χ4n) is 2.04. The lowest BCUT2D eigenvalue weighted by Gasteiger charge is -2.01. The molecule has 1 aromatic carbocycles. The molecule has 0 aliphatic heterocycles. The van der Waals surface area contributed by atoms with E-state index < -0.39 is 5.97 Å². The fraction of sp³-hybridized carbons (Fsp3) is 0.143. The number of hydrogen-bond donors (Lipinski definition) is 1. The molecule has 0 atom stereocenters. The number of hydrogen-bond acceptors (Lipinski definition) is 4. The molecule has 0 saturated heterocycles. The average molecular weight is 283 g/mol. The molecule has 2 heterocycles. The maximum Gasteiger partial charge on any atom is 0.358 e. The highest BCUT2D eigenvalue weighted by molar-refractivity contribution is 5.86. The second-order valence-corrected chi connectivity index (χ2v) is 4.61. The van der Waals surface area contributed by atoms with E-state index in [1.54, 1.807) is 22.5 Å². The second-order valence-electron chi connectivity index (χ2n) is 4.61. The molecule has 0 aliphatic carbocycles. The van der Waals surface area contributed by atoms with Gasteiger partial charge in [0.15, 0.2) is 5.69 Å². The number of nitrogens with zero attached hydrogens (tertiary/aromatic N) is 5. The van der Waals surface area contributed by atoms with Crippen molar-refractivity contribution in [2.45, 2.75) is 13.5 Å². The number of aromatic carboxylic acids is 1. The largest absolute Gasteiger partial charge is 0.476 e. The number of benzene rings is 1. The van der Waals surface area contributed by atoms with Crippen LogP contribution in [0.2, 0.25) is 0 Å². The summed E-state index contributed by atoms with van der Waals surface area (Å²) >= 11 is 0. The first-order valence-electron chi connectivity index (χ1n) is 6.37. The number of para-hydroxylation sites is 1. The van der Waals surface area contributed by atoms with Gasteiger partial charge in [0.2, 0.25) is 0 Å². The Labute approximate surface area is 120 Å². The van der Waals surface area contributed by atoms with Gasteiger partial charge in [-0.2, -0.15) is 5.10 Å². The standard InChI is InChI=1S/C14H13N5O2/c1-10-13(14(20)21)16-17-18(10)8-11-7-15-19(9-11)12-5-3-2-4-6-12/h2-7,9H,8H2,1H3,(H,20,21). The van der Waals surface area contributed by atoms with E-state index in [-0.39, 0.29) is 5.69 Å². The summed E-state index contributed by atoms with van der Waals surface area (Å²) in [6, 6.07) is 9.74. The van der Waals surface area contributed by atoms with Crippen molar-refractivity contribution in [3.8, 4) is 5.69 Å². The van der Waals surface area contributed by atoms with E-state index in [9.17, 15) is 4.79 Å². The molecule has 0 bridgehead atoms. The summed E-state index contributed by atoms with van der Waals surface area (Å²) in [6.45, 7) is 2.12. The zero-order valence-corrected chi connectivity index (χ0v) is 11.3. The van der Waals surface area contributed by atoms with Crippen LogP contribution in [0, 0.1) is 6.92 Å². The molecule has 3 aromatic rings. The highest BCUT2D eigenvalue weighted by Crippen LogP contribution is 2.10. The zero-order valence-electron chi connectivity index (χ0n) is 11.3. The molecule has 3 rings (SSSR count). The first kappa shape index (κ1) is 13.0. The molecule has 0 radical (unpaired) electrons. The Morgan fingerprint density at radius 2 is 2.05 bits per heavy atom. The van der Waals surface area contributed by atoms with Gasteiger partial charge in [-0.1, -0.05) is 23.4 Å². The summed E-state index contributed by atoms with van der Waals surface area (Å²) in [5, 5.41) is 20.8. The van der Waals surface area contributed by atoms with Crippen molar-refractivity contribution in [1.29, 1.82) is 0 Å².